The van der Waals surface area contributed by atoms with Gasteiger partial charge >= 0.3 is 0 Å². The van der Waals surface area contributed by atoms with Crippen LogP contribution in [0.2, 0.25) is 5.02 Å². The van der Waals surface area contributed by atoms with Gasteiger partial charge < -0.3 is 14.7 Å². The van der Waals surface area contributed by atoms with E-state index in [9.17, 15) is 19.1 Å². The molecule has 168 valence electrons. The van der Waals surface area contributed by atoms with Crippen molar-refractivity contribution in [2.24, 2.45) is 0 Å². The van der Waals surface area contributed by atoms with Gasteiger partial charge in [0.25, 0.3) is 11.7 Å². The minimum Gasteiger partial charge on any atom is -0.507 e. The smallest absolute Gasteiger partial charge is 0.295 e. The lowest BCUT2D eigenvalue weighted by Gasteiger charge is -2.25. The van der Waals surface area contributed by atoms with E-state index in [-0.39, 0.29) is 29.3 Å². The first-order valence-electron chi connectivity index (χ1n) is 10.2. The molecule has 0 spiro atoms. The molecule has 4 rings (SSSR count). The minimum atomic E-state index is -0.836. The topological polar surface area (TPSA) is 79.7 Å². The second kappa shape index (κ2) is 9.42. The number of hydrogen-bond donors (Lipinski definition) is 1. The van der Waals surface area contributed by atoms with E-state index >= 15 is 0 Å². The first-order chi connectivity index (χ1) is 15.9. The van der Waals surface area contributed by atoms with Crippen molar-refractivity contribution in [1.29, 1.82) is 0 Å². The predicted octanol–water partition coefficient (Wildman–Crippen LogP) is 4.55. The molecular weight excluding hydrogens is 447 g/mol. The van der Waals surface area contributed by atoms with Crippen molar-refractivity contribution < 1.29 is 23.8 Å². The number of rotatable bonds is 6. The number of ether oxygens (including phenoxy) is 1. The van der Waals surface area contributed by atoms with E-state index in [4.69, 9.17) is 16.3 Å². The molecule has 0 radical (unpaired) electrons. The van der Waals surface area contributed by atoms with Crippen LogP contribution in [0, 0.1) is 5.82 Å². The maximum atomic E-state index is 13.2. The van der Waals surface area contributed by atoms with Crippen molar-refractivity contribution in [2.75, 3.05) is 13.7 Å². The number of likely N-dealkylation sites (tertiary alicyclic amines) is 1. The Labute approximate surface area is 194 Å². The second-order valence-corrected chi connectivity index (χ2v) is 7.93. The molecule has 1 amide bonds. The largest absolute Gasteiger partial charge is 0.507 e. The van der Waals surface area contributed by atoms with E-state index < -0.39 is 17.7 Å². The maximum absolute atomic E-state index is 13.2. The second-order valence-electron chi connectivity index (χ2n) is 7.49. The number of Topliss-reactive ketones (excluding diaryl/α,β-unsaturated/α-hetero) is 1. The molecule has 1 aliphatic rings. The summed E-state index contributed by atoms with van der Waals surface area (Å²) < 4.78 is 18.6. The highest BCUT2D eigenvalue weighted by Crippen LogP contribution is 2.41. The zero-order chi connectivity index (χ0) is 23.5. The molecule has 3 aromatic rings. The summed E-state index contributed by atoms with van der Waals surface area (Å²) in [6.07, 6.45) is 3.50. The number of halogens is 2. The average Bonchev–Trinajstić information content (AvgIpc) is 3.08. The summed E-state index contributed by atoms with van der Waals surface area (Å²) in [5, 5.41) is 11.5. The van der Waals surface area contributed by atoms with Crippen molar-refractivity contribution in [3.05, 3.63) is 100 Å². The SMILES string of the molecule is COc1ccc(Cl)cc1/C(O)=C1\C(=O)C(=O)N(CCc2ccc(F)cc2)C1c1ccncc1. The number of carbonyl (C=O) groups excluding carboxylic acids is 2. The third kappa shape index (κ3) is 4.45. The van der Waals surface area contributed by atoms with Crippen molar-refractivity contribution in [2.45, 2.75) is 12.5 Å². The van der Waals surface area contributed by atoms with Crippen LogP contribution in [0.15, 0.2) is 72.6 Å². The molecular formula is C25H20ClFN2O4. The number of ketones is 1. The van der Waals surface area contributed by atoms with Crippen LogP contribution >= 0.6 is 11.6 Å². The number of pyridine rings is 1. The lowest BCUT2D eigenvalue weighted by atomic mass is 9.95. The third-order valence-electron chi connectivity index (χ3n) is 5.53. The lowest BCUT2D eigenvalue weighted by Crippen LogP contribution is -2.31. The van der Waals surface area contributed by atoms with Gasteiger partial charge in [-0.3, -0.25) is 14.6 Å². The number of aliphatic hydroxyl groups is 1. The van der Waals surface area contributed by atoms with Gasteiger partial charge in [-0.25, -0.2) is 4.39 Å². The molecule has 1 saturated heterocycles. The minimum absolute atomic E-state index is 0.0640. The van der Waals surface area contributed by atoms with Crippen LogP contribution < -0.4 is 4.74 Å². The zero-order valence-corrected chi connectivity index (χ0v) is 18.4. The number of hydrogen-bond acceptors (Lipinski definition) is 5. The lowest BCUT2D eigenvalue weighted by molar-refractivity contribution is -0.139. The van der Waals surface area contributed by atoms with E-state index in [1.165, 1.54) is 30.2 Å². The predicted molar refractivity (Wildman–Crippen MR) is 121 cm³/mol. The molecule has 8 heteroatoms. The van der Waals surface area contributed by atoms with E-state index in [1.807, 2.05) is 0 Å². The van der Waals surface area contributed by atoms with Gasteiger partial charge in [-0.1, -0.05) is 23.7 Å². The molecule has 2 heterocycles. The maximum Gasteiger partial charge on any atom is 0.295 e. The third-order valence-corrected chi connectivity index (χ3v) is 5.77. The van der Waals surface area contributed by atoms with Gasteiger partial charge in [0.1, 0.15) is 17.3 Å². The van der Waals surface area contributed by atoms with Crippen molar-refractivity contribution in [3.8, 4) is 5.75 Å². The number of nitrogens with zero attached hydrogens (tertiary/aromatic N) is 2. The summed E-state index contributed by atoms with van der Waals surface area (Å²) in [6.45, 7) is 0.187. The Hall–Kier alpha value is -3.71. The van der Waals surface area contributed by atoms with Gasteiger partial charge in [0.15, 0.2) is 0 Å². The van der Waals surface area contributed by atoms with E-state index in [0.717, 1.165) is 5.56 Å². The van der Waals surface area contributed by atoms with E-state index in [0.29, 0.717) is 22.8 Å². The molecule has 1 aliphatic heterocycles. The van der Waals surface area contributed by atoms with Crippen LogP contribution in [0.1, 0.15) is 22.7 Å². The number of amides is 1. The van der Waals surface area contributed by atoms with Crippen LogP contribution in [0.25, 0.3) is 5.76 Å². The summed E-state index contributed by atoms with van der Waals surface area (Å²) in [7, 11) is 1.43. The van der Waals surface area contributed by atoms with Crippen molar-refractivity contribution >= 4 is 29.1 Å². The quantitative estimate of drug-likeness (QED) is 0.327. The number of benzene rings is 2. The Kier molecular flexibility index (Phi) is 6.42. The summed E-state index contributed by atoms with van der Waals surface area (Å²) in [5.41, 5.74) is 1.57. The molecule has 0 saturated carbocycles. The summed E-state index contributed by atoms with van der Waals surface area (Å²) in [4.78, 5) is 31.6. The highest BCUT2D eigenvalue weighted by molar-refractivity contribution is 6.46. The van der Waals surface area contributed by atoms with E-state index in [1.54, 1.807) is 48.8 Å². The van der Waals surface area contributed by atoms with Gasteiger partial charge in [0.2, 0.25) is 0 Å². The standard InChI is InChI=1S/C25H20ClFN2O4/c1-33-20-7-4-17(26)14-19(20)23(30)21-22(16-8-11-28-12-9-16)29(25(32)24(21)31)13-10-15-2-5-18(27)6-3-15/h2-9,11-12,14,22,30H,10,13H2,1H3/b23-21+. The summed E-state index contributed by atoms with van der Waals surface area (Å²) in [5.74, 6) is -1.97. The van der Waals surface area contributed by atoms with Crippen LogP contribution in [0.3, 0.4) is 0 Å². The zero-order valence-electron chi connectivity index (χ0n) is 17.7. The molecule has 0 aliphatic carbocycles. The number of aliphatic hydroxyl groups excluding tert-OH is 1. The van der Waals surface area contributed by atoms with Crippen LogP contribution in [-0.2, 0) is 16.0 Å². The molecule has 2 aromatic carbocycles. The fourth-order valence-electron chi connectivity index (χ4n) is 3.91. The molecule has 6 nitrogen and oxygen atoms in total. The highest BCUT2D eigenvalue weighted by atomic mass is 35.5. The monoisotopic (exact) mass is 466 g/mol. The van der Waals surface area contributed by atoms with Crippen LogP contribution in [0.5, 0.6) is 5.75 Å². The average molecular weight is 467 g/mol. The number of aromatic nitrogens is 1. The molecule has 0 bridgehead atoms. The number of carbonyl (C=O) groups is 2. The molecule has 1 fully saturated rings. The van der Waals surface area contributed by atoms with Gasteiger partial charge in [-0.05, 0) is 60.0 Å². The number of methoxy groups -OCH3 is 1. The van der Waals surface area contributed by atoms with Gasteiger partial charge in [0, 0.05) is 24.0 Å². The Balaban J connectivity index is 1.80. The first-order valence-corrected chi connectivity index (χ1v) is 10.5. The Morgan fingerprint density at radius 3 is 2.48 bits per heavy atom. The Bertz CT molecular complexity index is 1230. The Morgan fingerprint density at radius 1 is 1.12 bits per heavy atom. The van der Waals surface area contributed by atoms with Crippen LogP contribution in [0.4, 0.5) is 4.39 Å². The molecule has 33 heavy (non-hydrogen) atoms. The fraction of sp³-hybridized carbons (Fsp3) is 0.160. The van der Waals surface area contributed by atoms with Gasteiger partial charge in [-0.2, -0.15) is 0 Å². The van der Waals surface area contributed by atoms with Crippen molar-refractivity contribution in [1.82, 2.24) is 9.88 Å². The molecule has 1 atom stereocenters. The first kappa shape index (κ1) is 22.5. The summed E-state index contributed by atoms with van der Waals surface area (Å²) >= 11 is 6.11. The van der Waals surface area contributed by atoms with Gasteiger partial charge in [-0.15, -0.1) is 0 Å². The van der Waals surface area contributed by atoms with E-state index in [2.05, 4.69) is 4.98 Å². The Morgan fingerprint density at radius 2 is 1.82 bits per heavy atom. The van der Waals surface area contributed by atoms with Crippen LogP contribution in [-0.4, -0.2) is 40.3 Å². The highest BCUT2D eigenvalue weighted by Gasteiger charge is 2.46. The van der Waals surface area contributed by atoms with Crippen molar-refractivity contribution in [3.63, 3.8) is 0 Å². The molecule has 1 aromatic heterocycles. The summed E-state index contributed by atoms with van der Waals surface area (Å²) in [6, 6.07) is 13.1. The van der Waals surface area contributed by atoms with Gasteiger partial charge in [0.05, 0.1) is 24.3 Å². The molecule has 1 N–H and O–H groups in total. The fourth-order valence-corrected chi connectivity index (χ4v) is 4.09. The molecule has 1 unspecified atom stereocenters. The normalized spacial score (nSPS) is 17.4.